The van der Waals surface area contributed by atoms with E-state index in [-0.39, 0.29) is 24.9 Å². The average molecular weight is 341 g/mol. The molecule has 130 valence electrons. The number of esters is 1. The van der Waals surface area contributed by atoms with E-state index in [2.05, 4.69) is 0 Å². The number of hydrogen-bond donors (Lipinski definition) is 0. The number of likely N-dealkylation sites (N-methyl/N-ethyl adjacent to an activating group) is 1. The molecule has 0 saturated carbocycles. The monoisotopic (exact) mass is 341 g/mol. The second-order valence-electron chi connectivity index (χ2n) is 5.32. The third-order valence-electron chi connectivity index (χ3n) is 3.49. The Labute approximate surface area is 146 Å². The normalized spacial score (nSPS) is 10.0. The highest BCUT2D eigenvalue weighted by atomic mass is 16.6. The van der Waals surface area contributed by atoms with Gasteiger partial charge in [0.2, 0.25) is 0 Å². The zero-order valence-electron chi connectivity index (χ0n) is 14.1. The molecular weight excluding hydrogens is 322 g/mol. The molecule has 6 heteroatoms. The van der Waals surface area contributed by atoms with Crippen LogP contribution in [0.15, 0.2) is 54.6 Å². The van der Waals surface area contributed by atoms with Gasteiger partial charge in [-0.3, -0.25) is 9.59 Å². The summed E-state index contributed by atoms with van der Waals surface area (Å²) in [5, 5.41) is 0. The minimum absolute atomic E-state index is 0.0491. The summed E-state index contributed by atoms with van der Waals surface area (Å²) in [5.41, 5.74) is 1.27. The predicted octanol–water partition coefficient (Wildman–Crippen LogP) is 2.47. The van der Waals surface area contributed by atoms with Gasteiger partial charge in [0.25, 0.3) is 5.91 Å². The molecule has 0 aliphatic heterocycles. The molecule has 2 aromatic rings. The van der Waals surface area contributed by atoms with Crippen LogP contribution in [0.25, 0.3) is 0 Å². The van der Waals surface area contributed by atoms with Crippen molar-refractivity contribution in [3.05, 3.63) is 60.2 Å². The quantitative estimate of drug-likeness (QED) is 0.571. The number of carbonyl (C=O) groups excluding carboxylic acids is 3. The van der Waals surface area contributed by atoms with Crippen LogP contribution in [0.3, 0.4) is 0 Å². The van der Waals surface area contributed by atoms with Gasteiger partial charge in [0.05, 0.1) is 0 Å². The molecule has 0 atom stereocenters. The SMILES string of the molecule is CC(=O)c1ccc(OCC(=O)OCC(=O)N(C)c2ccccc2)cc1. The van der Waals surface area contributed by atoms with Crippen molar-refractivity contribution < 1.29 is 23.9 Å². The Morgan fingerprint density at radius 1 is 0.920 bits per heavy atom. The van der Waals surface area contributed by atoms with Crippen molar-refractivity contribution in [2.45, 2.75) is 6.92 Å². The molecule has 0 unspecified atom stereocenters. The number of amides is 1. The van der Waals surface area contributed by atoms with Crippen molar-refractivity contribution in [3.8, 4) is 5.75 Å². The lowest BCUT2D eigenvalue weighted by Gasteiger charge is -2.17. The number of ether oxygens (including phenoxy) is 2. The molecule has 0 heterocycles. The standard InChI is InChI=1S/C19H19NO5/c1-14(21)15-8-10-17(11-9-15)24-13-19(23)25-12-18(22)20(2)16-6-4-3-5-7-16/h3-11H,12-13H2,1-2H3. The fourth-order valence-corrected chi connectivity index (χ4v) is 2.00. The van der Waals surface area contributed by atoms with Crippen LogP contribution in [-0.4, -0.2) is 37.9 Å². The third-order valence-corrected chi connectivity index (χ3v) is 3.49. The Balaban J connectivity index is 1.76. The topological polar surface area (TPSA) is 72.9 Å². The average Bonchev–Trinajstić information content (AvgIpc) is 2.64. The second kappa shape index (κ2) is 8.63. The Morgan fingerprint density at radius 2 is 1.56 bits per heavy atom. The van der Waals surface area contributed by atoms with Crippen molar-refractivity contribution in [1.82, 2.24) is 0 Å². The minimum atomic E-state index is -0.648. The Morgan fingerprint density at radius 3 is 2.16 bits per heavy atom. The van der Waals surface area contributed by atoms with Crippen molar-refractivity contribution in [2.75, 3.05) is 25.2 Å². The van der Waals surface area contributed by atoms with Gasteiger partial charge >= 0.3 is 5.97 Å². The molecule has 0 N–H and O–H groups in total. The van der Waals surface area contributed by atoms with Gasteiger partial charge in [-0.2, -0.15) is 0 Å². The number of carbonyl (C=O) groups is 3. The summed E-state index contributed by atoms with van der Waals surface area (Å²) in [6, 6.07) is 15.5. The van der Waals surface area contributed by atoms with Crippen molar-refractivity contribution >= 4 is 23.3 Å². The fraction of sp³-hybridized carbons (Fsp3) is 0.211. The van der Waals surface area contributed by atoms with E-state index in [4.69, 9.17) is 9.47 Å². The van der Waals surface area contributed by atoms with Crippen LogP contribution in [0.1, 0.15) is 17.3 Å². The van der Waals surface area contributed by atoms with E-state index in [0.717, 1.165) is 0 Å². The van der Waals surface area contributed by atoms with Gasteiger partial charge in [-0.25, -0.2) is 4.79 Å². The van der Waals surface area contributed by atoms with Gasteiger partial charge in [0.15, 0.2) is 19.0 Å². The van der Waals surface area contributed by atoms with Gasteiger partial charge in [0.1, 0.15) is 5.75 Å². The molecule has 1 amide bonds. The molecule has 2 aromatic carbocycles. The zero-order valence-corrected chi connectivity index (χ0v) is 14.1. The Bertz CT molecular complexity index is 740. The molecular formula is C19H19NO5. The van der Waals surface area contributed by atoms with Crippen molar-refractivity contribution in [3.63, 3.8) is 0 Å². The first-order valence-corrected chi connectivity index (χ1v) is 7.68. The van der Waals surface area contributed by atoms with Gasteiger partial charge in [-0.1, -0.05) is 18.2 Å². The smallest absolute Gasteiger partial charge is 0.344 e. The Kier molecular flexibility index (Phi) is 6.28. The molecule has 0 saturated heterocycles. The largest absolute Gasteiger partial charge is 0.482 e. The van der Waals surface area contributed by atoms with Crippen LogP contribution in [0.5, 0.6) is 5.75 Å². The first kappa shape index (κ1) is 18.2. The summed E-state index contributed by atoms with van der Waals surface area (Å²) in [6.45, 7) is 0.787. The maximum atomic E-state index is 12.0. The maximum absolute atomic E-state index is 12.0. The molecule has 2 rings (SSSR count). The molecule has 0 aliphatic carbocycles. The minimum Gasteiger partial charge on any atom is -0.482 e. The lowest BCUT2D eigenvalue weighted by Crippen LogP contribution is -2.31. The van der Waals surface area contributed by atoms with E-state index < -0.39 is 5.97 Å². The predicted molar refractivity (Wildman–Crippen MR) is 92.8 cm³/mol. The number of benzene rings is 2. The van der Waals surface area contributed by atoms with E-state index in [0.29, 0.717) is 17.0 Å². The van der Waals surface area contributed by atoms with E-state index in [1.54, 1.807) is 43.4 Å². The van der Waals surface area contributed by atoms with E-state index in [1.807, 2.05) is 18.2 Å². The highest BCUT2D eigenvalue weighted by Gasteiger charge is 2.14. The van der Waals surface area contributed by atoms with Crippen LogP contribution in [0, 0.1) is 0 Å². The fourth-order valence-electron chi connectivity index (χ4n) is 2.00. The summed E-state index contributed by atoms with van der Waals surface area (Å²) < 4.78 is 10.2. The molecule has 0 bridgehead atoms. The number of anilines is 1. The summed E-state index contributed by atoms with van der Waals surface area (Å²) >= 11 is 0. The molecule has 0 spiro atoms. The zero-order chi connectivity index (χ0) is 18.2. The van der Waals surface area contributed by atoms with Crippen LogP contribution >= 0.6 is 0 Å². The molecule has 0 aromatic heterocycles. The molecule has 0 fully saturated rings. The summed E-state index contributed by atoms with van der Waals surface area (Å²) in [5.74, 6) is -0.600. The molecule has 6 nitrogen and oxygen atoms in total. The van der Waals surface area contributed by atoms with Crippen LogP contribution < -0.4 is 9.64 Å². The number of nitrogens with zero attached hydrogens (tertiary/aromatic N) is 1. The number of ketones is 1. The first-order chi connectivity index (χ1) is 12.0. The van der Waals surface area contributed by atoms with Gasteiger partial charge in [-0.15, -0.1) is 0 Å². The van der Waals surface area contributed by atoms with E-state index >= 15 is 0 Å². The third kappa shape index (κ3) is 5.46. The molecule has 0 aliphatic rings. The van der Waals surface area contributed by atoms with Crippen molar-refractivity contribution in [1.29, 1.82) is 0 Å². The lowest BCUT2D eigenvalue weighted by molar-refractivity contribution is -0.149. The second-order valence-corrected chi connectivity index (χ2v) is 5.32. The van der Waals surface area contributed by atoms with Crippen LogP contribution in [0.4, 0.5) is 5.69 Å². The number of hydrogen-bond acceptors (Lipinski definition) is 5. The first-order valence-electron chi connectivity index (χ1n) is 7.68. The van der Waals surface area contributed by atoms with Gasteiger partial charge in [0, 0.05) is 18.3 Å². The maximum Gasteiger partial charge on any atom is 0.344 e. The highest BCUT2D eigenvalue weighted by molar-refractivity contribution is 5.95. The molecule has 0 radical (unpaired) electrons. The van der Waals surface area contributed by atoms with E-state index in [1.165, 1.54) is 11.8 Å². The van der Waals surface area contributed by atoms with Crippen LogP contribution in [0.2, 0.25) is 0 Å². The summed E-state index contributed by atoms with van der Waals surface area (Å²) in [6.07, 6.45) is 0. The lowest BCUT2D eigenvalue weighted by atomic mass is 10.1. The van der Waals surface area contributed by atoms with Crippen LogP contribution in [-0.2, 0) is 14.3 Å². The van der Waals surface area contributed by atoms with Gasteiger partial charge < -0.3 is 14.4 Å². The highest BCUT2D eigenvalue weighted by Crippen LogP contribution is 2.13. The van der Waals surface area contributed by atoms with Crippen molar-refractivity contribution in [2.24, 2.45) is 0 Å². The van der Waals surface area contributed by atoms with Gasteiger partial charge in [-0.05, 0) is 43.3 Å². The van der Waals surface area contributed by atoms with E-state index in [9.17, 15) is 14.4 Å². The number of rotatable bonds is 7. The summed E-state index contributed by atoms with van der Waals surface area (Å²) in [7, 11) is 1.61. The number of para-hydroxylation sites is 1. The summed E-state index contributed by atoms with van der Waals surface area (Å²) in [4.78, 5) is 36.3. The Hall–Kier alpha value is -3.15. The number of Topliss-reactive ketones (excluding diaryl/α,β-unsaturated/α-hetero) is 1. The molecule has 25 heavy (non-hydrogen) atoms.